The van der Waals surface area contributed by atoms with E-state index >= 15 is 0 Å². The molecule has 0 heterocycles. The first-order chi connectivity index (χ1) is 15.7. The first-order valence-corrected chi connectivity index (χ1v) is 11.0. The number of benzene rings is 3. The zero-order chi connectivity index (χ0) is 23.8. The molecule has 0 radical (unpaired) electrons. The minimum atomic E-state index is -1.03. The van der Waals surface area contributed by atoms with Gasteiger partial charge in [-0.1, -0.05) is 72.8 Å². The Bertz CT molecular complexity index is 1040. The van der Waals surface area contributed by atoms with Crippen LogP contribution in [-0.2, 0) is 20.7 Å². The summed E-state index contributed by atoms with van der Waals surface area (Å²) in [5.41, 5.74) is 2.33. The second-order valence-corrected chi connectivity index (χ2v) is 8.99. The van der Waals surface area contributed by atoms with E-state index in [0.717, 1.165) is 16.7 Å². The van der Waals surface area contributed by atoms with Crippen LogP contribution in [0.15, 0.2) is 84.9 Å². The Morgan fingerprint density at radius 1 is 0.818 bits per heavy atom. The number of carboxylic acid groups (broad SMARTS) is 1. The quantitative estimate of drug-likeness (QED) is 0.422. The lowest BCUT2D eigenvalue weighted by Gasteiger charge is -2.26. The molecule has 2 atom stereocenters. The zero-order valence-corrected chi connectivity index (χ0v) is 19.2. The minimum absolute atomic E-state index is 0.000419. The predicted molar refractivity (Wildman–Crippen MR) is 128 cm³/mol. The van der Waals surface area contributed by atoms with Crippen LogP contribution in [0.3, 0.4) is 0 Å². The van der Waals surface area contributed by atoms with Gasteiger partial charge in [-0.2, -0.15) is 0 Å². The molecule has 1 N–H and O–H groups in total. The number of para-hydroxylation sites is 1. The van der Waals surface area contributed by atoms with E-state index in [-0.39, 0.29) is 12.8 Å². The molecule has 0 aliphatic carbocycles. The Morgan fingerprint density at radius 2 is 1.36 bits per heavy atom. The summed E-state index contributed by atoms with van der Waals surface area (Å²) in [7, 11) is 0. The van der Waals surface area contributed by atoms with Crippen molar-refractivity contribution in [2.45, 2.75) is 45.3 Å². The number of hydrogen-bond donors (Lipinski definition) is 1. The molecule has 5 nitrogen and oxygen atoms in total. The molecule has 0 spiro atoms. The minimum Gasteiger partial charge on any atom is -0.481 e. The van der Waals surface area contributed by atoms with Crippen LogP contribution in [-0.4, -0.2) is 28.8 Å². The maximum absolute atomic E-state index is 12.8. The monoisotopic (exact) mass is 446 g/mol. The van der Waals surface area contributed by atoms with Gasteiger partial charge in [0.2, 0.25) is 0 Å². The number of carbonyl (C=O) groups is 2. The fourth-order valence-electron chi connectivity index (χ4n) is 3.50. The van der Waals surface area contributed by atoms with Gasteiger partial charge in [-0.15, -0.1) is 0 Å². The fraction of sp³-hybridized carbons (Fsp3) is 0.286. The summed E-state index contributed by atoms with van der Waals surface area (Å²) in [6, 6.07) is 26.7. The standard InChI is InChI=1S/C28H30O5/c1-28(2,3)33-27(31)25(32-24-12-8-5-9-13-24)19-23(26(29)30)18-20-14-16-22(17-15-20)21-10-6-4-7-11-21/h4-17,23,25H,18-19H2,1-3H3,(H,29,30)/t23-,25-/m1/s1. The van der Waals surface area contributed by atoms with Gasteiger partial charge in [0.25, 0.3) is 0 Å². The zero-order valence-electron chi connectivity index (χ0n) is 19.2. The van der Waals surface area contributed by atoms with E-state index in [9.17, 15) is 14.7 Å². The third-order valence-electron chi connectivity index (χ3n) is 5.08. The molecule has 33 heavy (non-hydrogen) atoms. The number of esters is 1. The van der Waals surface area contributed by atoms with Crippen molar-refractivity contribution in [3.63, 3.8) is 0 Å². The molecule has 3 aromatic rings. The van der Waals surface area contributed by atoms with Crippen molar-refractivity contribution >= 4 is 11.9 Å². The largest absolute Gasteiger partial charge is 0.481 e. The van der Waals surface area contributed by atoms with Crippen molar-refractivity contribution in [1.82, 2.24) is 0 Å². The van der Waals surface area contributed by atoms with Gasteiger partial charge in [0.15, 0.2) is 6.10 Å². The summed E-state index contributed by atoms with van der Waals surface area (Å²) in [6.45, 7) is 5.31. The van der Waals surface area contributed by atoms with Crippen LogP contribution in [0.5, 0.6) is 5.75 Å². The van der Waals surface area contributed by atoms with Crippen LogP contribution in [0.4, 0.5) is 0 Å². The molecule has 0 bridgehead atoms. The summed E-state index contributed by atoms with van der Waals surface area (Å²) < 4.78 is 11.4. The maximum atomic E-state index is 12.8. The molecular weight excluding hydrogens is 416 g/mol. The van der Waals surface area contributed by atoms with E-state index < -0.39 is 29.6 Å². The maximum Gasteiger partial charge on any atom is 0.347 e. The fourth-order valence-corrected chi connectivity index (χ4v) is 3.50. The molecule has 0 unspecified atom stereocenters. The SMILES string of the molecule is CC(C)(C)OC(=O)[C@@H](C[C@@H](Cc1ccc(-c2ccccc2)cc1)C(=O)O)Oc1ccccc1. The summed E-state index contributed by atoms with van der Waals surface area (Å²) >= 11 is 0. The van der Waals surface area contributed by atoms with Crippen molar-refractivity contribution < 1.29 is 24.2 Å². The van der Waals surface area contributed by atoms with E-state index in [0.29, 0.717) is 5.75 Å². The molecule has 5 heteroatoms. The highest BCUT2D eigenvalue weighted by atomic mass is 16.6. The Kier molecular flexibility index (Phi) is 7.88. The van der Waals surface area contributed by atoms with Crippen molar-refractivity contribution in [2.24, 2.45) is 5.92 Å². The van der Waals surface area contributed by atoms with Crippen LogP contribution in [0.25, 0.3) is 11.1 Å². The Balaban J connectivity index is 1.76. The number of carboxylic acids is 1. The van der Waals surface area contributed by atoms with Gasteiger partial charge in [0, 0.05) is 6.42 Å². The van der Waals surface area contributed by atoms with Gasteiger partial charge in [0.05, 0.1) is 5.92 Å². The number of carbonyl (C=O) groups excluding carboxylic acids is 1. The van der Waals surface area contributed by atoms with Crippen molar-refractivity contribution in [2.75, 3.05) is 0 Å². The predicted octanol–water partition coefficient (Wildman–Crippen LogP) is 5.78. The average molecular weight is 447 g/mol. The van der Waals surface area contributed by atoms with E-state index in [4.69, 9.17) is 9.47 Å². The Morgan fingerprint density at radius 3 is 1.91 bits per heavy atom. The van der Waals surface area contributed by atoms with E-state index in [1.807, 2.05) is 60.7 Å². The molecule has 0 saturated heterocycles. The number of aliphatic carboxylic acids is 1. The lowest BCUT2D eigenvalue weighted by Crippen LogP contribution is -2.38. The summed E-state index contributed by atoms with van der Waals surface area (Å²) in [5.74, 6) is -1.87. The van der Waals surface area contributed by atoms with Crippen LogP contribution >= 0.6 is 0 Å². The molecule has 3 rings (SSSR count). The summed E-state index contributed by atoms with van der Waals surface area (Å²) in [4.78, 5) is 24.9. The molecule has 0 aliphatic heterocycles. The molecule has 3 aromatic carbocycles. The van der Waals surface area contributed by atoms with E-state index in [1.165, 1.54) is 0 Å². The van der Waals surface area contributed by atoms with Crippen LogP contribution in [0.2, 0.25) is 0 Å². The number of ether oxygens (including phenoxy) is 2. The Labute approximate surface area is 195 Å². The van der Waals surface area contributed by atoms with Crippen LogP contribution < -0.4 is 4.74 Å². The lowest BCUT2D eigenvalue weighted by molar-refractivity contribution is -0.164. The first-order valence-electron chi connectivity index (χ1n) is 11.0. The highest BCUT2D eigenvalue weighted by Crippen LogP contribution is 2.24. The smallest absolute Gasteiger partial charge is 0.347 e. The highest BCUT2D eigenvalue weighted by molar-refractivity contribution is 5.77. The molecule has 172 valence electrons. The van der Waals surface area contributed by atoms with Gasteiger partial charge in [-0.25, -0.2) is 4.79 Å². The summed E-state index contributed by atoms with van der Waals surface area (Å²) in [5, 5.41) is 9.89. The van der Waals surface area contributed by atoms with Gasteiger partial charge in [-0.3, -0.25) is 4.79 Å². The summed E-state index contributed by atoms with van der Waals surface area (Å²) in [6.07, 6.45) is -0.752. The number of hydrogen-bond acceptors (Lipinski definition) is 4. The Hall–Kier alpha value is -3.60. The van der Waals surface area contributed by atoms with Crippen molar-refractivity contribution in [3.05, 3.63) is 90.5 Å². The van der Waals surface area contributed by atoms with Gasteiger partial charge in [0.1, 0.15) is 11.4 Å². The molecule has 0 aliphatic rings. The van der Waals surface area contributed by atoms with E-state index in [1.54, 1.807) is 45.0 Å². The van der Waals surface area contributed by atoms with Crippen molar-refractivity contribution in [3.8, 4) is 16.9 Å². The normalized spacial score (nSPS) is 13.1. The first kappa shape index (κ1) is 24.1. The van der Waals surface area contributed by atoms with Gasteiger partial charge >= 0.3 is 11.9 Å². The molecule has 0 saturated carbocycles. The lowest BCUT2D eigenvalue weighted by atomic mass is 9.92. The topological polar surface area (TPSA) is 72.8 Å². The van der Waals surface area contributed by atoms with Crippen LogP contribution in [0.1, 0.15) is 32.8 Å². The van der Waals surface area contributed by atoms with E-state index in [2.05, 4.69) is 0 Å². The molecule has 0 aromatic heterocycles. The molecular formula is C28H30O5. The molecule has 0 fully saturated rings. The second kappa shape index (κ2) is 10.8. The van der Waals surface area contributed by atoms with Gasteiger partial charge in [-0.05, 0) is 56.0 Å². The molecule has 0 amide bonds. The average Bonchev–Trinajstić information content (AvgIpc) is 2.78. The number of rotatable bonds is 9. The van der Waals surface area contributed by atoms with Crippen LogP contribution in [0, 0.1) is 5.92 Å². The van der Waals surface area contributed by atoms with Gasteiger partial charge < -0.3 is 14.6 Å². The third kappa shape index (κ3) is 7.49. The van der Waals surface area contributed by atoms with Crippen molar-refractivity contribution in [1.29, 1.82) is 0 Å². The third-order valence-corrected chi connectivity index (χ3v) is 5.08. The second-order valence-electron chi connectivity index (χ2n) is 8.99. The highest BCUT2D eigenvalue weighted by Gasteiger charge is 2.32.